The van der Waals surface area contributed by atoms with Crippen molar-refractivity contribution in [2.24, 2.45) is 5.92 Å². The highest BCUT2D eigenvalue weighted by Crippen LogP contribution is 2.53. The van der Waals surface area contributed by atoms with Crippen LogP contribution in [0.4, 0.5) is 20.2 Å². The fourth-order valence-corrected chi connectivity index (χ4v) is 5.71. The van der Waals surface area contributed by atoms with E-state index in [-0.39, 0.29) is 5.91 Å². The predicted molar refractivity (Wildman–Crippen MR) is 120 cm³/mol. The normalized spacial score (nSPS) is 19.7. The minimum atomic E-state index is -0.587. The molecule has 3 N–H and O–H groups in total. The lowest BCUT2D eigenvalue weighted by Crippen LogP contribution is -2.40. The molecule has 2 fully saturated rings. The number of carbonyl (C=O) groups is 1. The number of amides is 1. The SMILES string of the molecule is O=C1Nc2c(CCC3CCNCC3)cc(NSc3ccc(F)cc3F)cc2C12CCC2. The first-order valence-corrected chi connectivity index (χ1v) is 11.9. The van der Waals surface area contributed by atoms with Gasteiger partial charge in [0.05, 0.1) is 10.3 Å². The molecule has 0 atom stereocenters. The minimum absolute atomic E-state index is 0.117. The first-order chi connectivity index (χ1) is 15.0. The van der Waals surface area contributed by atoms with Crippen LogP contribution in [0.1, 0.15) is 49.7 Å². The third-order valence-electron chi connectivity index (χ3n) is 7.07. The molecule has 7 heteroatoms. The second-order valence-electron chi connectivity index (χ2n) is 8.96. The Morgan fingerprint density at radius 1 is 1.13 bits per heavy atom. The summed E-state index contributed by atoms with van der Waals surface area (Å²) in [5.74, 6) is -0.356. The molecule has 0 aromatic heterocycles. The van der Waals surface area contributed by atoms with Crippen LogP contribution >= 0.6 is 11.9 Å². The Balaban J connectivity index is 1.40. The minimum Gasteiger partial charge on any atom is -0.326 e. The fourth-order valence-electron chi connectivity index (χ4n) is 5.07. The smallest absolute Gasteiger partial charge is 0.235 e. The van der Waals surface area contributed by atoms with Crippen LogP contribution in [0.15, 0.2) is 35.2 Å². The third-order valence-corrected chi connectivity index (χ3v) is 7.96. The van der Waals surface area contributed by atoms with Gasteiger partial charge in [0.25, 0.3) is 0 Å². The Morgan fingerprint density at radius 2 is 1.94 bits per heavy atom. The van der Waals surface area contributed by atoms with Crippen molar-refractivity contribution in [1.29, 1.82) is 0 Å². The molecular formula is C24H27F2N3OS. The van der Waals surface area contributed by atoms with Gasteiger partial charge in [-0.05, 0) is 105 Å². The number of rotatable bonds is 6. The summed E-state index contributed by atoms with van der Waals surface area (Å²) >= 11 is 1.13. The van der Waals surface area contributed by atoms with E-state index in [4.69, 9.17) is 0 Å². The molecule has 2 aliphatic heterocycles. The second-order valence-corrected chi connectivity index (χ2v) is 9.81. The van der Waals surface area contributed by atoms with Gasteiger partial charge in [-0.1, -0.05) is 6.42 Å². The lowest BCUT2D eigenvalue weighted by atomic mass is 9.65. The van der Waals surface area contributed by atoms with Crippen LogP contribution in [0, 0.1) is 17.6 Å². The maximum absolute atomic E-state index is 14.1. The van der Waals surface area contributed by atoms with E-state index in [9.17, 15) is 13.6 Å². The average molecular weight is 444 g/mol. The summed E-state index contributed by atoms with van der Waals surface area (Å²) in [7, 11) is 0. The van der Waals surface area contributed by atoms with Gasteiger partial charge in [-0.2, -0.15) is 0 Å². The van der Waals surface area contributed by atoms with Crippen molar-refractivity contribution < 1.29 is 13.6 Å². The van der Waals surface area contributed by atoms with E-state index in [1.807, 2.05) is 6.07 Å². The monoisotopic (exact) mass is 443 g/mol. The number of piperidine rings is 1. The summed E-state index contributed by atoms with van der Waals surface area (Å²) in [6.07, 6.45) is 7.21. The summed E-state index contributed by atoms with van der Waals surface area (Å²) in [5.41, 5.74) is 3.67. The summed E-state index contributed by atoms with van der Waals surface area (Å²) in [6, 6.07) is 7.70. The van der Waals surface area contributed by atoms with Gasteiger partial charge in [0.2, 0.25) is 5.91 Å². The van der Waals surface area contributed by atoms with Gasteiger partial charge in [-0.25, -0.2) is 8.78 Å². The Bertz CT molecular complexity index is 1000. The maximum atomic E-state index is 14.1. The number of halogens is 2. The van der Waals surface area contributed by atoms with E-state index in [1.54, 1.807) is 0 Å². The van der Waals surface area contributed by atoms with Crippen molar-refractivity contribution in [1.82, 2.24) is 5.32 Å². The van der Waals surface area contributed by atoms with Crippen LogP contribution < -0.4 is 15.4 Å². The summed E-state index contributed by atoms with van der Waals surface area (Å²) < 4.78 is 30.5. The highest BCUT2D eigenvalue weighted by atomic mass is 32.2. The molecule has 4 nitrogen and oxygen atoms in total. The molecule has 5 rings (SSSR count). The lowest BCUT2D eigenvalue weighted by molar-refractivity contribution is -0.123. The molecule has 31 heavy (non-hydrogen) atoms. The van der Waals surface area contributed by atoms with Gasteiger partial charge in [0.15, 0.2) is 0 Å². The maximum Gasteiger partial charge on any atom is 0.235 e. The fraction of sp³-hybridized carbons (Fsp3) is 0.458. The van der Waals surface area contributed by atoms with E-state index < -0.39 is 17.0 Å². The van der Waals surface area contributed by atoms with Crippen molar-refractivity contribution in [3.05, 3.63) is 53.1 Å². The quantitative estimate of drug-likeness (QED) is 0.524. The zero-order valence-electron chi connectivity index (χ0n) is 17.4. The first-order valence-electron chi connectivity index (χ1n) is 11.1. The number of fused-ring (bicyclic) bond motifs is 2. The van der Waals surface area contributed by atoms with Gasteiger partial charge in [-0.3, -0.25) is 4.79 Å². The molecule has 3 aliphatic rings. The van der Waals surface area contributed by atoms with E-state index in [0.717, 1.165) is 85.7 Å². The molecule has 0 bridgehead atoms. The van der Waals surface area contributed by atoms with Gasteiger partial charge >= 0.3 is 0 Å². The highest BCUT2D eigenvalue weighted by Gasteiger charge is 2.51. The van der Waals surface area contributed by atoms with Crippen molar-refractivity contribution in [2.75, 3.05) is 23.1 Å². The van der Waals surface area contributed by atoms with Crippen LogP contribution in [-0.4, -0.2) is 19.0 Å². The number of aryl methyl sites for hydroxylation is 1. The van der Waals surface area contributed by atoms with E-state index in [1.165, 1.54) is 25.0 Å². The zero-order chi connectivity index (χ0) is 21.4. The highest BCUT2D eigenvalue weighted by molar-refractivity contribution is 8.00. The van der Waals surface area contributed by atoms with Crippen molar-refractivity contribution in [3.8, 4) is 0 Å². The Morgan fingerprint density at radius 3 is 2.65 bits per heavy atom. The number of carbonyl (C=O) groups excluding carboxylic acids is 1. The molecular weight excluding hydrogens is 416 g/mol. The predicted octanol–water partition coefficient (Wildman–Crippen LogP) is 5.39. The Labute approximate surface area is 185 Å². The topological polar surface area (TPSA) is 53.2 Å². The van der Waals surface area contributed by atoms with Crippen molar-refractivity contribution >= 4 is 29.2 Å². The van der Waals surface area contributed by atoms with E-state index in [0.29, 0.717) is 10.8 Å². The third kappa shape index (κ3) is 3.94. The molecule has 1 saturated carbocycles. The van der Waals surface area contributed by atoms with Gasteiger partial charge in [0, 0.05) is 17.4 Å². The summed E-state index contributed by atoms with van der Waals surface area (Å²) in [6.45, 7) is 2.15. The summed E-state index contributed by atoms with van der Waals surface area (Å²) in [4.78, 5) is 13.2. The van der Waals surface area contributed by atoms with Crippen molar-refractivity contribution in [2.45, 2.75) is 55.3 Å². The van der Waals surface area contributed by atoms with E-state index in [2.05, 4.69) is 21.4 Å². The Hall–Kier alpha value is -2.12. The standard InChI is InChI=1S/C24H27F2N3OS/c25-17-4-5-21(20(26)13-17)31-29-18-12-16(3-2-15-6-10-27-11-7-15)22-19(14-18)24(8-1-9-24)23(30)28-22/h4-5,12-15,27,29H,1-3,6-11H2,(H,28,30). The number of hydrogen-bond acceptors (Lipinski definition) is 4. The molecule has 164 valence electrons. The Kier molecular flexibility index (Phi) is 5.65. The average Bonchev–Trinajstić information content (AvgIpc) is 3.04. The molecule has 1 aliphatic carbocycles. The second kappa shape index (κ2) is 8.43. The molecule has 2 aromatic rings. The molecule has 1 amide bonds. The molecule has 0 unspecified atom stereocenters. The zero-order valence-corrected chi connectivity index (χ0v) is 18.2. The first kappa shape index (κ1) is 20.8. The van der Waals surface area contributed by atoms with Crippen LogP contribution in [0.5, 0.6) is 0 Å². The largest absolute Gasteiger partial charge is 0.326 e. The molecule has 1 saturated heterocycles. The number of nitrogens with one attached hydrogen (secondary N) is 3. The number of anilines is 2. The van der Waals surface area contributed by atoms with E-state index >= 15 is 0 Å². The number of hydrogen-bond donors (Lipinski definition) is 3. The molecule has 1 spiro atoms. The van der Waals surface area contributed by atoms with Crippen LogP contribution in [0.2, 0.25) is 0 Å². The van der Waals surface area contributed by atoms with Crippen molar-refractivity contribution in [3.63, 3.8) is 0 Å². The number of benzene rings is 2. The molecule has 2 aromatic carbocycles. The lowest BCUT2D eigenvalue weighted by Gasteiger charge is -2.36. The molecule has 0 radical (unpaired) electrons. The van der Waals surface area contributed by atoms with Gasteiger partial charge in [-0.15, -0.1) is 0 Å². The van der Waals surface area contributed by atoms with Crippen LogP contribution in [0.25, 0.3) is 0 Å². The van der Waals surface area contributed by atoms with Crippen LogP contribution in [0.3, 0.4) is 0 Å². The van der Waals surface area contributed by atoms with Gasteiger partial charge in [0.1, 0.15) is 11.6 Å². The van der Waals surface area contributed by atoms with Gasteiger partial charge < -0.3 is 15.4 Å². The molecule has 2 heterocycles. The summed E-state index contributed by atoms with van der Waals surface area (Å²) in [5, 5.41) is 6.59. The van der Waals surface area contributed by atoms with Crippen LogP contribution in [-0.2, 0) is 16.6 Å².